The van der Waals surface area contributed by atoms with Gasteiger partial charge in [-0.1, -0.05) is 0 Å². The van der Waals surface area contributed by atoms with Gasteiger partial charge in [0.05, 0.1) is 5.69 Å². The molecule has 1 aliphatic carbocycles. The molecule has 0 bridgehead atoms. The Morgan fingerprint density at radius 1 is 1.47 bits per heavy atom. The molecule has 0 aromatic carbocycles. The molecular formula is C8H11BF3KN2. The zero-order chi connectivity index (χ0) is 10.3. The van der Waals surface area contributed by atoms with Crippen molar-refractivity contribution in [2.45, 2.75) is 32.2 Å². The minimum Gasteiger partial charge on any atom is -0.444 e. The maximum absolute atomic E-state index is 12.5. The van der Waals surface area contributed by atoms with Crippen molar-refractivity contribution in [1.82, 2.24) is 9.78 Å². The van der Waals surface area contributed by atoms with Crippen LogP contribution in [0.15, 0.2) is 6.07 Å². The first-order valence-corrected chi connectivity index (χ1v) is 4.80. The van der Waals surface area contributed by atoms with Crippen molar-refractivity contribution < 1.29 is 64.3 Å². The van der Waals surface area contributed by atoms with Gasteiger partial charge in [-0.15, -0.1) is 0 Å². The molecule has 0 atom stereocenters. The monoisotopic (exact) mass is 242 g/mol. The number of hydrogen-bond donors (Lipinski definition) is 0. The average Bonchev–Trinajstić information content (AvgIpc) is 2.83. The van der Waals surface area contributed by atoms with Crippen LogP contribution in [0.2, 0.25) is 0 Å². The van der Waals surface area contributed by atoms with Gasteiger partial charge < -0.3 is 12.9 Å². The van der Waals surface area contributed by atoms with Crippen LogP contribution in [0, 0.1) is 0 Å². The van der Waals surface area contributed by atoms with Gasteiger partial charge in [-0.05, 0) is 31.4 Å². The molecule has 0 radical (unpaired) electrons. The summed E-state index contributed by atoms with van der Waals surface area (Å²) in [4.78, 5) is 0. The van der Waals surface area contributed by atoms with Crippen LogP contribution in [-0.4, -0.2) is 16.8 Å². The van der Waals surface area contributed by atoms with E-state index in [2.05, 4.69) is 5.10 Å². The van der Waals surface area contributed by atoms with E-state index in [1.54, 1.807) is 6.92 Å². The van der Waals surface area contributed by atoms with Gasteiger partial charge in [-0.3, -0.25) is 4.68 Å². The fraction of sp³-hybridized carbons (Fsp3) is 0.625. The van der Waals surface area contributed by atoms with Gasteiger partial charge in [0.1, 0.15) is 0 Å². The molecule has 2 rings (SSSR count). The molecule has 0 amide bonds. The third kappa shape index (κ3) is 3.09. The Hall–Kier alpha value is 0.701. The molecule has 0 unspecified atom stereocenters. The Bertz CT molecular complexity index is 346. The quantitative estimate of drug-likeness (QED) is 0.611. The van der Waals surface area contributed by atoms with Crippen LogP contribution in [0.3, 0.4) is 0 Å². The van der Waals surface area contributed by atoms with Gasteiger partial charge in [-0.2, -0.15) is 5.10 Å². The van der Waals surface area contributed by atoms with E-state index >= 15 is 0 Å². The first-order valence-electron chi connectivity index (χ1n) is 4.80. The molecule has 0 aliphatic heterocycles. The molecule has 78 valence electrons. The van der Waals surface area contributed by atoms with E-state index in [1.165, 1.54) is 6.07 Å². The van der Waals surface area contributed by atoms with E-state index in [-0.39, 0.29) is 63.8 Å². The largest absolute Gasteiger partial charge is 1.00 e. The average molecular weight is 242 g/mol. The maximum atomic E-state index is 12.5. The summed E-state index contributed by atoms with van der Waals surface area (Å²) >= 11 is 0. The molecule has 1 aromatic heterocycles. The predicted octanol–water partition coefficient (Wildman–Crippen LogP) is -1.16. The van der Waals surface area contributed by atoms with Gasteiger partial charge >= 0.3 is 58.4 Å². The first kappa shape index (κ1) is 13.8. The normalized spacial score (nSPS) is 16.3. The molecule has 7 heteroatoms. The van der Waals surface area contributed by atoms with Crippen molar-refractivity contribution in [2.24, 2.45) is 0 Å². The van der Waals surface area contributed by atoms with Crippen LogP contribution in [0.4, 0.5) is 12.9 Å². The Balaban J connectivity index is 0.00000112. The summed E-state index contributed by atoms with van der Waals surface area (Å²) in [5, 5.41) is 3.97. The van der Waals surface area contributed by atoms with Crippen molar-refractivity contribution in [3.63, 3.8) is 0 Å². The number of halogens is 3. The van der Waals surface area contributed by atoms with Crippen LogP contribution in [0.5, 0.6) is 0 Å². The summed E-state index contributed by atoms with van der Waals surface area (Å²) in [5.74, 6) is 0.277. The zero-order valence-corrected chi connectivity index (χ0v) is 12.0. The molecule has 1 saturated carbocycles. The second-order valence-electron chi connectivity index (χ2n) is 3.66. The molecular weight excluding hydrogens is 231 g/mol. The topological polar surface area (TPSA) is 17.8 Å². The smallest absolute Gasteiger partial charge is 0.444 e. The molecule has 1 heterocycles. The minimum atomic E-state index is -4.92. The van der Waals surface area contributed by atoms with Crippen molar-refractivity contribution in [2.75, 3.05) is 0 Å². The Morgan fingerprint density at radius 3 is 2.40 bits per heavy atom. The Kier molecular flexibility index (Phi) is 4.51. The van der Waals surface area contributed by atoms with Gasteiger partial charge in [0.25, 0.3) is 0 Å². The minimum absolute atomic E-state index is 0. The Labute approximate surface area is 129 Å². The number of rotatable bonds is 3. The third-order valence-corrected chi connectivity index (χ3v) is 2.46. The second kappa shape index (κ2) is 4.91. The van der Waals surface area contributed by atoms with Gasteiger partial charge in [0.15, 0.2) is 0 Å². The number of nitrogens with zero attached hydrogens (tertiary/aromatic N) is 2. The van der Waals surface area contributed by atoms with E-state index in [0.29, 0.717) is 5.69 Å². The van der Waals surface area contributed by atoms with Crippen molar-refractivity contribution in [3.05, 3.63) is 11.8 Å². The van der Waals surface area contributed by atoms with Gasteiger partial charge in [-0.25, -0.2) is 0 Å². The van der Waals surface area contributed by atoms with Crippen LogP contribution in [-0.2, 0) is 6.54 Å². The van der Waals surface area contributed by atoms with Gasteiger partial charge in [0.2, 0.25) is 0 Å². The van der Waals surface area contributed by atoms with Crippen LogP contribution in [0.25, 0.3) is 0 Å². The fourth-order valence-corrected chi connectivity index (χ4v) is 1.55. The van der Waals surface area contributed by atoms with E-state index in [0.717, 1.165) is 17.5 Å². The van der Waals surface area contributed by atoms with Crippen LogP contribution in [0.1, 0.15) is 31.4 Å². The van der Waals surface area contributed by atoms with Crippen LogP contribution >= 0.6 is 0 Å². The molecule has 0 N–H and O–H groups in total. The molecule has 1 aromatic rings. The SMILES string of the molecule is CCn1nc(C2CC2)cc1[B-](F)(F)F.[K+]. The molecule has 0 spiro atoms. The summed E-state index contributed by atoms with van der Waals surface area (Å²) < 4.78 is 38.7. The second-order valence-corrected chi connectivity index (χ2v) is 3.66. The van der Waals surface area contributed by atoms with Crippen molar-refractivity contribution in [3.8, 4) is 0 Å². The molecule has 1 aliphatic rings. The van der Waals surface area contributed by atoms with Crippen molar-refractivity contribution in [1.29, 1.82) is 0 Å². The summed E-state index contributed by atoms with van der Waals surface area (Å²) in [6.07, 6.45) is 1.95. The number of aromatic nitrogens is 2. The van der Waals surface area contributed by atoms with E-state index in [1.807, 2.05) is 0 Å². The Morgan fingerprint density at radius 2 is 2.07 bits per heavy atom. The predicted molar refractivity (Wildman–Crippen MR) is 48.6 cm³/mol. The first-order chi connectivity index (χ1) is 6.52. The molecule has 15 heavy (non-hydrogen) atoms. The maximum Gasteiger partial charge on any atom is 1.00 e. The van der Waals surface area contributed by atoms with E-state index in [4.69, 9.17) is 0 Å². The molecule has 0 saturated heterocycles. The van der Waals surface area contributed by atoms with Crippen molar-refractivity contribution >= 4 is 12.6 Å². The summed E-state index contributed by atoms with van der Waals surface area (Å²) in [5.41, 5.74) is 0.0513. The number of aryl methyl sites for hydroxylation is 1. The van der Waals surface area contributed by atoms with E-state index in [9.17, 15) is 12.9 Å². The summed E-state index contributed by atoms with van der Waals surface area (Å²) in [7, 11) is 0. The standard InChI is InChI=1S/C8H11BF3N2.K/c1-2-14-8(9(10,11)12)5-7(13-14)6-3-4-6;/h5-6H,2-4H2,1H3;/q-1;+1. The third-order valence-electron chi connectivity index (χ3n) is 2.46. The fourth-order valence-electron chi connectivity index (χ4n) is 1.55. The van der Waals surface area contributed by atoms with E-state index < -0.39 is 12.6 Å². The van der Waals surface area contributed by atoms with Gasteiger partial charge in [0, 0.05) is 12.5 Å². The van der Waals surface area contributed by atoms with Crippen LogP contribution < -0.4 is 57.0 Å². The zero-order valence-electron chi connectivity index (χ0n) is 8.88. The molecule has 1 fully saturated rings. The summed E-state index contributed by atoms with van der Waals surface area (Å²) in [6.45, 7) is -2.96. The molecule has 2 nitrogen and oxygen atoms in total. The summed E-state index contributed by atoms with van der Waals surface area (Å²) in [6, 6.07) is 1.21. The number of hydrogen-bond acceptors (Lipinski definition) is 1.